The zero-order chi connectivity index (χ0) is 13.7. The maximum atomic E-state index is 11.7. The lowest BCUT2D eigenvalue weighted by molar-refractivity contribution is -0.140. The van der Waals surface area contributed by atoms with Crippen molar-refractivity contribution in [3.8, 4) is 0 Å². The standard InChI is InChI=1S/C11H18N2O5/c1-7(4-8-2-3-8)12-11(18)13(5-9(14)15)6-10(16)17/h7-8H,2-6H2,1H3,(H,12,18)(H,14,15)(H,16,17). The molecule has 1 unspecified atom stereocenters. The Kier molecular flexibility index (Phi) is 4.94. The van der Waals surface area contributed by atoms with E-state index < -0.39 is 31.1 Å². The van der Waals surface area contributed by atoms with Gasteiger partial charge < -0.3 is 20.4 Å². The maximum Gasteiger partial charge on any atom is 0.323 e. The summed E-state index contributed by atoms with van der Waals surface area (Å²) in [4.78, 5) is 33.6. The number of amides is 2. The molecule has 0 aromatic rings. The molecule has 18 heavy (non-hydrogen) atoms. The van der Waals surface area contributed by atoms with Crippen LogP contribution in [0.5, 0.6) is 0 Å². The minimum absolute atomic E-state index is 0.0740. The van der Waals surface area contributed by atoms with E-state index in [9.17, 15) is 14.4 Å². The third-order valence-corrected chi connectivity index (χ3v) is 2.69. The predicted molar refractivity (Wildman–Crippen MR) is 62.2 cm³/mol. The van der Waals surface area contributed by atoms with Crippen LogP contribution in [-0.2, 0) is 9.59 Å². The molecule has 0 bridgehead atoms. The fraction of sp³-hybridized carbons (Fsp3) is 0.727. The van der Waals surface area contributed by atoms with Crippen LogP contribution in [0.4, 0.5) is 4.79 Å². The van der Waals surface area contributed by atoms with Gasteiger partial charge >= 0.3 is 18.0 Å². The Labute approximate surface area is 105 Å². The van der Waals surface area contributed by atoms with Crippen LogP contribution >= 0.6 is 0 Å². The lowest BCUT2D eigenvalue weighted by Crippen LogP contribution is -2.48. The summed E-state index contributed by atoms with van der Waals surface area (Å²) in [6.07, 6.45) is 3.17. The minimum Gasteiger partial charge on any atom is -0.480 e. The van der Waals surface area contributed by atoms with Gasteiger partial charge in [0.2, 0.25) is 0 Å². The third-order valence-electron chi connectivity index (χ3n) is 2.69. The summed E-state index contributed by atoms with van der Waals surface area (Å²) < 4.78 is 0. The molecule has 1 saturated carbocycles. The molecule has 0 aromatic carbocycles. The molecular formula is C11H18N2O5. The van der Waals surface area contributed by atoms with Crippen LogP contribution < -0.4 is 5.32 Å². The van der Waals surface area contributed by atoms with Gasteiger partial charge in [0.1, 0.15) is 13.1 Å². The van der Waals surface area contributed by atoms with E-state index in [2.05, 4.69) is 5.32 Å². The average molecular weight is 258 g/mol. The highest BCUT2D eigenvalue weighted by Gasteiger charge is 2.26. The van der Waals surface area contributed by atoms with Crippen molar-refractivity contribution in [1.29, 1.82) is 0 Å². The van der Waals surface area contributed by atoms with E-state index in [0.717, 1.165) is 24.2 Å². The Balaban J connectivity index is 2.45. The van der Waals surface area contributed by atoms with E-state index >= 15 is 0 Å². The smallest absolute Gasteiger partial charge is 0.323 e. The van der Waals surface area contributed by atoms with Gasteiger partial charge in [-0.3, -0.25) is 9.59 Å². The van der Waals surface area contributed by atoms with Gasteiger partial charge in [0.15, 0.2) is 0 Å². The molecule has 7 nitrogen and oxygen atoms in total. The van der Waals surface area contributed by atoms with Gasteiger partial charge in [-0.25, -0.2) is 4.79 Å². The quantitative estimate of drug-likeness (QED) is 0.611. The largest absolute Gasteiger partial charge is 0.480 e. The second kappa shape index (κ2) is 6.23. The normalized spacial score (nSPS) is 15.8. The number of urea groups is 1. The number of rotatable bonds is 7. The number of nitrogens with zero attached hydrogens (tertiary/aromatic N) is 1. The van der Waals surface area contributed by atoms with Crippen molar-refractivity contribution in [2.24, 2.45) is 5.92 Å². The first-order valence-electron chi connectivity index (χ1n) is 5.87. The van der Waals surface area contributed by atoms with Crippen LogP contribution in [0.25, 0.3) is 0 Å². The van der Waals surface area contributed by atoms with Crippen LogP contribution in [-0.4, -0.2) is 52.2 Å². The van der Waals surface area contributed by atoms with E-state index in [1.165, 1.54) is 0 Å². The highest BCUT2D eigenvalue weighted by atomic mass is 16.4. The van der Waals surface area contributed by atoms with Crippen molar-refractivity contribution in [2.75, 3.05) is 13.1 Å². The number of aliphatic carboxylic acids is 2. The summed E-state index contributed by atoms with van der Waals surface area (Å²) in [6, 6.07) is -0.719. The Morgan fingerprint density at radius 3 is 2.11 bits per heavy atom. The first kappa shape index (κ1) is 14.3. The van der Waals surface area contributed by atoms with Crippen LogP contribution in [0.15, 0.2) is 0 Å². The second-order valence-electron chi connectivity index (χ2n) is 4.67. The Morgan fingerprint density at radius 2 is 1.72 bits per heavy atom. The molecule has 0 heterocycles. The Morgan fingerprint density at radius 1 is 1.22 bits per heavy atom. The first-order chi connectivity index (χ1) is 8.38. The molecule has 2 amide bonds. The molecule has 1 rings (SSSR count). The van der Waals surface area contributed by atoms with E-state index in [4.69, 9.17) is 10.2 Å². The molecule has 0 aromatic heterocycles. The van der Waals surface area contributed by atoms with Crippen molar-refractivity contribution in [3.63, 3.8) is 0 Å². The van der Waals surface area contributed by atoms with Crippen molar-refractivity contribution >= 4 is 18.0 Å². The molecule has 102 valence electrons. The Hall–Kier alpha value is -1.79. The van der Waals surface area contributed by atoms with Crippen molar-refractivity contribution in [1.82, 2.24) is 10.2 Å². The number of carbonyl (C=O) groups excluding carboxylic acids is 1. The topological polar surface area (TPSA) is 107 Å². The first-order valence-corrected chi connectivity index (χ1v) is 5.87. The second-order valence-corrected chi connectivity index (χ2v) is 4.67. The van der Waals surface area contributed by atoms with E-state index in [1.54, 1.807) is 0 Å². The minimum atomic E-state index is -1.23. The van der Waals surface area contributed by atoms with Gasteiger partial charge in [0.05, 0.1) is 0 Å². The zero-order valence-corrected chi connectivity index (χ0v) is 10.3. The summed E-state index contributed by atoms with van der Waals surface area (Å²) in [5, 5.41) is 19.9. The highest BCUT2D eigenvalue weighted by molar-refractivity contribution is 5.84. The summed E-state index contributed by atoms with van der Waals surface area (Å²) in [7, 11) is 0. The molecule has 3 N–H and O–H groups in total. The molecule has 0 aliphatic heterocycles. The van der Waals surface area contributed by atoms with E-state index in [1.807, 2.05) is 6.92 Å². The van der Waals surface area contributed by atoms with Gasteiger partial charge in [0.25, 0.3) is 0 Å². The summed E-state index contributed by atoms with van der Waals surface area (Å²) in [5.74, 6) is -1.84. The number of carboxylic acid groups (broad SMARTS) is 2. The average Bonchev–Trinajstić information content (AvgIpc) is 2.98. The maximum absolute atomic E-state index is 11.7. The summed E-state index contributed by atoms with van der Waals surface area (Å²) in [6.45, 7) is 0.596. The van der Waals surface area contributed by atoms with Gasteiger partial charge in [-0.15, -0.1) is 0 Å². The van der Waals surface area contributed by atoms with Crippen molar-refractivity contribution in [2.45, 2.75) is 32.2 Å². The number of nitrogens with one attached hydrogen (secondary N) is 1. The van der Waals surface area contributed by atoms with Crippen LogP contribution in [0.2, 0.25) is 0 Å². The molecule has 0 saturated heterocycles. The van der Waals surface area contributed by atoms with Crippen LogP contribution in [0, 0.1) is 5.92 Å². The van der Waals surface area contributed by atoms with Crippen molar-refractivity contribution in [3.05, 3.63) is 0 Å². The molecule has 1 fully saturated rings. The molecule has 1 atom stereocenters. The molecule has 7 heteroatoms. The van der Waals surface area contributed by atoms with Crippen LogP contribution in [0.1, 0.15) is 26.2 Å². The summed E-state index contributed by atoms with van der Waals surface area (Å²) >= 11 is 0. The number of carboxylic acids is 2. The SMILES string of the molecule is CC(CC1CC1)NC(=O)N(CC(=O)O)CC(=O)O. The lowest BCUT2D eigenvalue weighted by Gasteiger charge is -2.22. The predicted octanol–water partition coefficient (Wildman–Crippen LogP) is 0.356. The molecule has 1 aliphatic carbocycles. The molecule has 0 spiro atoms. The molecule has 1 aliphatic rings. The van der Waals surface area contributed by atoms with Crippen molar-refractivity contribution < 1.29 is 24.6 Å². The van der Waals surface area contributed by atoms with Gasteiger partial charge in [-0.1, -0.05) is 12.8 Å². The monoisotopic (exact) mass is 258 g/mol. The van der Waals surface area contributed by atoms with E-state index in [0.29, 0.717) is 5.92 Å². The van der Waals surface area contributed by atoms with E-state index in [-0.39, 0.29) is 6.04 Å². The lowest BCUT2D eigenvalue weighted by atomic mass is 10.2. The van der Waals surface area contributed by atoms with Gasteiger partial charge in [0, 0.05) is 6.04 Å². The Bertz CT molecular complexity index is 324. The number of hydrogen-bond donors (Lipinski definition) is 3. The number of hydrogen-bond acceptors (Lipinski definition) is 3. The van der Waals surface area contributed by atoms with Crippen LogP contribution in [0.3, 0.4) is 0 Å². The molecule has 0 radical (unpaired) electrons. The number of carbonyl (C=O) groups is 3. The zero-order valence-electron chi connectivity index (χ0n) is 10.3. The summed E-state index contributed by atoms with van der Waals surface area (Å²) in [5.41, 5.74) is 0. The van der Waals surface area contributed by atoms with Gasteiger partial charge in [-0.05, 0) is 19.3 Å². The molecular weight excluding hydrogens is 240 g/mol. The third kappa shape index (κ3) is 5.51. The highest BCUT2D eigenvalue weighted by Crippen LogP contribution is 2.33. The van der Waals surface area contributed by atoms with Gasteiger partial charge in [-0.2, -0.15) is 0 Å². The fourth-order valence-electron chi connectivity index (χ4n) is 1.74. The fourth-order valence-corrected chi connectivity index (χ4v) is 1.74.